The Kier molecular flexibility index (Phi) is 6.72. The highest BCUT2D eigenvalue weighted by Gasteiger charge is 2.18. The molecule has 0 aliphatic heterocycles. The number of aliphatic hydroxyl groups excluding tert-OH is 1. The highest BCUT2D eigenvalue weighted by Crippen LogP contribution is 2.27. The summed E-state index contributed by atoms with van der Waals surface area (Å²) in [6.45, 7) is 2.59. The van der Waals surface area contributed by atoms with Crippen LogP contribution in [0.4, 0.5) is 0 Å². The molecule has 3 N–H and O–H groups in total. The molecule has 4 heteroatoms. The first-order valence-electron chi connectivity index (χ1n) is 9.58. The van der Waals surface area contributed by atoms with E-state index in [1.165, 1.54) is 42.2 Å². The van der Waals surface area contributed by atoms with Gasteiger partial charge in [-0.25, -0.2) is 0 Å². The summed E-state index contributed by atoms with van der Waals surface area (Å²) >= 11 is 1.71. The molecule has 1 aromatic heterocycles. The lowest BCUT2D eigenvalue weighted by atomic mass is 9.94. The third-order valence-corrected chi connectivity index (χ3v) is 5.91. The number of ether oxygens (including phenoxy) is 1. The van der Waals surface area contributed by atoms with Crippen LogP contribution in [-0.2, 0) is 11.2 Å². The molecule has 1 atom stereocenters. The summed E-state index contributed by atoms with van der Waals surface area (Å²) in [6.07, 6.45) is 8.30. The van der Waals surface area contributed by atoms with Gasteiger partial charge in [0.05, 0.1) is 19.3 Å². The number of nitrogens with two attached hydrogens (primary N) is 1. The van der Waals surface area contributed by atoms with Crippen molar-refractivity contribution in [3.05, 3.63) is 34.7 Å². The Morgan fingerprint density at radius 1 is 1.31 bits per heavy atom. The van der Waals surface area contributed by atoms with Crippen molar-refractivity contribution >= 4 is 21.4 Å². The van der Waals surface area contributed by atoms with Crippen LogP contribution < -0.4 is 5.73 Å². The second-order valence-corrected chi connectivity index (χ2v) is 8.56. The van der Waals surface area contributed by atoms with Crippen molar-refractivity contribution in [3.8, 4) is 11.8 Å². The van der Waals surface area contributed by atoms with Crippen molar-refractivity contribution in [1.29, 1.82) is 0 Å². The molecular formula is C22H29NO2S. The molecule has 0 amide bonds. The van der Waals surface area contributed by atoms with Crippen molar-refractivity contribution in [3.63, 3.8) is 0 Å². The molecule has 140 valence electrons. The normalized spacial score (nSPS) is 17.7. The Balaban J connectivity index is 1.57. The topological polar surface area (TPSA) is 55.5 Å². The Bertz CT molecular complexity index is 778. The van der Waals surface area contributed by atoms with Crippen LogP contribution in [0.25, 0.3) is 10.1 Å². The van der Waals surface area contributed by atoms with Crippen LogP contribution in [0.1, 0.15) is 56.6 Å². The standard InChI is InChI=1S/C22H29NO2S/c1-22(23,16-24)14-17-10-11-20-18(15-26-21(20)13-17)7-5-6-12-25-19-8-3-2-4-9-19/h10-11,13,15,19,24H,2-4,6,8-9,12,14,16,23H2,1H3/t22-/m1/s1. The molecule has 1 fully saturated rings. The maximum atomic E-state index is 9.35. The largest absolute Gasteiger partial charge is 0.394 e. The van der Waals surface area contributed by atoms with Crippen LogP contribution in [0, 0.1) is 11.8 Å². The van der Waals surface area contributed by atoms with E-state index in [1.807, 2.05) is 6.92 Å². The molecule has 1 aliphatic rings. The number of hydrogen-bond donors (Lipinski definition) is 2. The molecule has 1 aliphatic carbocycles. The maximum Gasteiger partial charge on any atom is 0.0611 e. The van der Waals surface area contributed by atoms with Gasteiger partial charge in [0.25, 0.3) is 0 Å². The van der Waals surface area contributed by atoms with Crippen molar-refractivity contribution in [2.45, 2.75) is 63.5 Å². The summed E-state index contributed by atoms with van der Waals surface area (Å²) < 4.78 is 7.15. The second kappa shape index (κ2) is 9.01. The average Bonchev–Trinajstić information content (AvgIpc) is 3.04. The van der Waals surface area contributed by atoms with E-state index in [0.29, 0.717) is 12.5 Å². The van der Waals surface area contributed by atoms with Crippen molar-refractivity contribution in [2.75, 3.05) is 13.2 Å². The average molecular weight is 372 g/mol. The van der Waals surface area contributed by atoms with Crippen LogP contribution in [0.15, 0.2) is 23.6 Å². The van der Waals surface area contributed by atoms with Gasteiger partial charge in [0.15, 0.2) is 0 Å². The highest BCUT2D eigenvalue weighted by molar-refractivity contribution is 7.17. The fourth-order valence-corrected chi connectivity index (χ4v) is 4.42. The first-order chi connectivity index (χ1) is 12.6. The quantitative estimate of drug-likeness (QED) is 0.590. The lowest BCUT2D eigenvalue weighted by Gasteiger charge is -2.21. The molecule has 0 unspecified atom stereocenters. The van der Waals surface area contributed by atoms with Crippen molar-refractivity contribution < 1.29 is 9.84 Å². The van der Waals surface area contributed by atoms with E-state index in [2.05, 4.69) is 35.4 Å². The van der Waals surface area contributed by atoms with Crippen LogP contribution in [0.5, 0.6) is 0 Å². The third kappa shape index (κ3) is 5.31. The monoisotopic (exact) mass is 371 g/mol. The van der Waals surface area contributed by atoms with Gasteiger partial charge < -0.3 is 15.6 Å². The van der Waals surface area contributed by atoms with E-state index in [0.717, 1.165) is 24.2 Å². The minimum atomic E-state index is -0.577. The van der Waals surface area contributed by atoms with Crippen LogP contribution in [0.3, 0.4) is 0 Å². The Hall–Kier alpha value is -1.38. The predicted octanol–water partition coefficient (Wildman–Crippen LogP) is 4.24. The Morgan fingerprint density at radius 2 is 2.12 bits per heavy atom. The van der Waals surface area contributed by atoms with Gasteiger partial charge in [-0.15, -0.1) is 11.3 Å². The molecule has 3 nitrogen and oxygen atoms in total. The van der Waals surface area contributed by atoms with Crippen LogP contribution >= 0.6 is 11.3 Å². The third-order valence-electron chi connectivity index (χ3n) is 4.96. The SMILES string of the molecule is C[C@](N)(CO)Cc1ccc2c(C#CCCOC3CCCCC3)csc2c1. The molecular weight excluding hydrogens is 342 g/mol. The molecule has 0 radical (unpaired) electrons. The van der Waals surface area contributed by atoms with E-state index < -0.39 is 5.54 Å². The fraction of sp³-hybridized carbons (Fsp3) is 0.545. The van der Waals surface area contributed by atoms with Crippen molar-refractivity contribution in [1.82, 2.24) is 0 Å². The fourth-order valence-electron chi connectivity index (χ4n) is 3.47. The molecule has 3 rings (SSSR count). The molecule has 2 aromatic rings. The number of rotatable bonds is 6. The van der Waals surface area contributed by atoms with Crippen LogP contribution in [0.2, 0.25) is 0 Å². The van der Waals surface area contributed by atoms with Gasteiger partial charge in [0.2, 0.25) is 0 Å². The smallest absolute Gasteiger partial charge is 0.0611 e. The summed E-state index contributed by atoms with van der Waals surface area (Å²) in [7, 11) is 0. The van der Waals surface area contributed by atoms with E-state index in [9.17, 15) is 5.11 Å². The summed E-state index contributed by atoms with van der Waals surface area (Å²) in [4.78, 5) is 0. The van der Waals surface area contributed by atoms with E-state index >= 15 is 0 Å². The summed E-state index contributed by atoms with van der Waals surface area (Å²) in [5, 5.41) is 12.7. The van der Waals surface area contributed by atoms with Crippen molar-refractivity contribution in [2.24, 2.45) is 5.73 Å². The summed E-state index contributed by atoms with van der Waals surface area (Å²) in [6, 6.07) is 6.38. The van der Waals surface area contributed by atoms with E-state index in [4.69, 9.17) is 10.5 Å². The van der Waals surface area contributed by atoms with Gasteiger partial charge in [0, 0.05) is 33.0 Å². The molecule has 1 heterocycles. The van der Waals surface area contributed by atoms with Gasteiger partial charge in [-0.1, -0.05) is 43.2 Å². The molecule has 1 aromatic carbocycles. The zero-order valence-corrected chi connectivity index (χ0v) is 16.4. The van der Waals surface area contributed by atoms with Gasteiger partial charge in [-0.2, -0.15) is 0 Å². The number of hydrogen-bond acceptors (Lipinski definition) is 4. The van der Waals surface area contributed by atoms with Gasteiger partial charge in [0.1, 0.15) is 0 Å². The van der Waals surface area contributed by atoms with Gasteiger partial charge in [-0.3, -0.25) is 0 Å². The minimum absolute atomic E-state index is 0.0187. The minimum Gasteiger partial charge on any atom is -0.394 e. The maximum absolute atomic E-state index is 9.35. The summed E-state index contributed by atoms with van der Waals surface area (Å²) in [5.74, 6) is 6.56. The summed E-state index contributed by atoms with van der Waals surface area (Å²) in [5.41, 5.74) is 7.73. The van der Waals surface area contributed by atoms with E-state index in [-0.39, 0.29) is 6.61 Å². The molecule has 0 bridgehead atoms. The number of thiophene rings is 1. The lowest BCUT2D eigenvalue weighted by Crippen LogP contribution is -2.42. The zero-order chi connectivity index (χ0) is 18.4. The Labute approximate surface area is 160 Å². The molecule has 26 heavy (non-hydrogen) atoms. The van der Waals surface area contributed by atoms with Gasteiger partial charge in [-0.05, 0) is 37.8 Å². The first kappa shape index (κ1) is 19.4. The van der Waals surface area contributed by atoms with E-state index in [1.54, 1.807) is 11.3 Å². The second-order valence-electron chi connectivity index (χ2n) is 7.65. The number of benzene rings is 1. The van der Waals surface area contributed by atoms with Crippen LogP contribution in [-0.4, -0.2) is 30.0 Å². The molecule has 0 spiro atoms. The first-order valence-corrected chi connectivity index (χ1v) is 10.5. The molecule has 1 saturated carbocycles. The number of fused-ring (bicyclic) bond motifs is 1. The predicted molar refractivity (Wildman–Crippen MR) is 110 cm³/mol. The Morgan fingerprint density at radius 3 is 2.88 bits per heavy atom. The zero-order valence-electron chi connectivity index (χ0n) is 15.6. The lowest BCUT2D eigenvalue weighted by molar-refractivity contribution is 0.0320. The van der Waals surface area contributed by atoms with Gasteiger partial charge >= 0.3 is 0 Å². The number of aliphatic hydroxyl groups is 1. The highest BCUT2D eigenvalue weighted by atomic mass is 32.1. The molecule has 0 saturated heterocycles.